The SMILES string of the molecule is CF.Cc1ccc(C(=O)Oc2ccc(/C=C/C(=O)OCc3ccc(N)cc3N)cc2)cc1. The lowest BCUT2D eigenvalue weighted by Gasteiger charge is -2.06. The van der Waals surface area contributed by atoms with Crippen molar-refractivity contribution in [2.75, 3.05) is 18.6 Å². The third kappa shape index (κ3) is 7.28. The summed E-state index contributed by atoms with van der Waals surface area (Å²) in [6, 6.07) is 19.0. The quantitative estimate of drug-likeness (QED) is 0.251. The van der Waals surface area contributed by atoms with Crippen molar-refractivity contribution < 1.29 is 23.5 Å². The molecule has 0 aliphatic carbocycles. The van der Waals surface area contributed by atoms with Crippen molar-refractivity contribution in [2.24, 2.45) is 0 Å². The minimum absolute atomic E-state index is 0.0587. The molecule has 32 heavy (non-hydrogen) atoms. The van der Waals surface area contributed by atoms with E-state index in [-0.39, 0.29) is 6.61 Å². The average Bonchev–Trinajstić information content (AvgIpc) is 2.80. The van der Waals surface area contributed by atoms with E-state index in [9.17, 15) is 14.0 Å². The third-order valence-electron chi connectivity index (χ3n) is 4.33. The number of ether oxygens (including phenoxy) is 2. The van der Waals surface area contributed by atoms with E-state index in [0.717, 1.165) is 11.1 Å². The molecule has 0 radical (unpaired) electrons. The zero-order valence-corrected chi connectivity index (χ0v) is 17.9. The molecule has 0 fully saturated rings. The van der Waals surface area contributed by atoms with Crippen LogP contribution in [-0.2, 0) is 16.1 Å². The van der Waals surface area contributed by atoms with Crippen molar-refractivity contribution in [3.05, 3.63) is 95.1 Å². The van der Waals surface area contributed by atoms with Crippen LogP contribution >= 0.6 is 0 Å². The summed E-state index contributed by atoms with van der Waals surface area (Å²) in [7, 11) is 0.500. The molecule has 0 saturated heterocycles. The van der Waals surface area contributed by atoms with Crippen molar-refractivity contribution in [2.45, 2.75) is 13.5 Å². The topological polar surface area (TPSA) is 105 Å². The highest BCUT2D eigenvalue weighted by Gasteiger charge is 2.08. The van der Waals surface area contributed by atoms with Gasteiger partial charge in [0.15, 0.2) is 0 Å². The molecule has 7 heteroatoms. The molecular weight excluding hydrogens is 411 g/mol. The first kappa shape index (κ1) is 24.1. The second-order valence-corrected chi connectivity index (χ2v) is 6.72. The normalized spacial score (nSPS) is 10.2. The number of carbonyl (C=O) groups is 2. The molecule has 0 aliphatic heterocycles. The van der Waals surface area contributed by atoms with Crippen molar-refractivity contribution in [3.8, 4) is 5.75 Å². The van der Waals surface area contributed by atoms with E-state index in [0.29, 0.717) is 35.4 Å². The summed E-state index contributed by atoms with van der Waals surface area (Å²) in [5.41, 5.74) is 15.5. The number of alkyl halides is 1. The number of nitrogens with two attached hydrogens (primary N) is 2. The van der Waals surface area contributed by atoms with E-state index in [4.69, 9.17) is 20.9 Å². The highest BCUT2D eigenvalue weighted by molar-refractivity contribution is 5.91. The monoisotopic (exact) mass is 436 g/mol. The van der Waals surface area contributed by atoms with Crippen LogP contribution in [-0.4, -0.2) is 19.1 Å². The van der Waals surface area contributed by atoms with Crippen molar-refractivity contribution in [1.29, 1.82) is 0 Å². The second kappa shape index (κ2) is 11.9. The molecule has 0 aliphatic rings. The van der Waals surface area contributed by atoms with Gasteiger partial charge in [-0.05, 0) is 55.0 Å². The van der Waals surface area contributed by atoms with E-state index in [1.54, 1.807) is 60.7 Å². The molecule has 0 saturated carbocycles. The number of benzene rings is 3. The first-order valence-electron chi connectivity index (χ1n) is 9.66. The van der Waals surface area contributed by atoms with Crippen LogP contribution in [0.4, 0.5) is 15.8 Å². The van der Waals surface area contributed by atoms with Crippen LogP contribution in [0.25, 0.3) is 6.08 Å². The molecule has 0 spiro atoms. The van der Waals surface area contributed by atoms with Crippen LogP contribution in [0.1, 0.15) is 27.0 Å². The highest BCUT2D eigenvalue weighted by Crippen LogP contribution is 2.17. The fourth-order valence-corrected chi connectivity index (χ4v) is 2.61. The second-order valence-electron chi connectivity index (χ2n) is 6.72. The first-order chi connectivity index (χ1) is 15.4. The first-order valence-corrected chi connectivity index (χ1v) is 9.66. The standard InChI is InChI=1S/C24H22N2O4.CH3F/c1-16-2-7-18(8-3-16)24(28)30-21-11-4-17(5-12-21)6-13-23(27)29-15-19-9-10-20(25)14-22(19)26;1-2/h2-14H,15,25-26H2,1H3;1H3/b13-6+;. The Morgan fingerprint density at radius 3 is 2.22 bits per heavy atom. The van der Waals surface area contributed by atoms with E-state index in [2.05, 4.69) is 0 Å². The molecule has 3 aromatic rings. The third-order valence-corrected chi connectivity index (χ3v) is 4.33. The van der Waals surface area contributed by atoms with E-state index in [1.165, 1.54) is 6.08 Å². The molecule has 3 rings (SSSR count). The minimum atomic E-state index is -0.499. The Labute approximate surface area is 186 Å². The van der Waals surface area contributed by atoms with Crippen molar-refractivity contribution in [3.63, 3.8) is 0 Å². The van der Waals surface area contributed by atoms with Crippen LogP contribution in [0, 0.1) is 6.92 Å². The van der Waals surface area contributed by atoms with Gasteiger partial charge in [0.2, 0.25) is 0 Å². The average molecular weight is 436 g/mol. The molecule has 0 heterocycles. The van der Waals surface area contributed by atoms with E-state index < -0.39 is 11.9 Å². The molecule has 0 amide bonds. The number of carbonyl (C=O) groups excluding carboxylic acids is 2. The maximum absolute atomic E-state index is 12.1. The van der Waals surface area contributed by atoms with Gasteiger partial charge in [-0.25, -0.2) is 9.59 Å². The lowest BCUT2D eigenvalue weighted by atomic mass is 10.1. The number of rotatable bonds is 6. The van der Waals surface area contributed by atoms with Gasteiger partial charge in [-0.15, -0.1) is 0 Å². The Bertz CT molecular complexity index is 1080. The largest absolute Gasteiger partial charge is 0.458 e. The fourth-order valence-electron chi connectivity index (χ4n) is 2.61. The lowest BCUT2D eigenvalue weighted by molar-refractivity contribution is -0.138. The van der Waals surface area contributed by atoms with Crippen LogP contribution in [0.2, 0.25) is 0 Å². The molecule has 0 aromatic heterocycles. The smallest absolute Gasteiger partial charge is 0.343 e. The zero-order chi connectivity index (χ0) is 23.5. The number of anilines is 2. The number of aryl methyl sites for hydroxylation is 1. The molecule has 166 valence electrons. The maximum Gasteiger partial charge on any atom is 0.343 e. The number of nitrogen functional groups attached to an aromatic ring is 2. The van der Waals surface area contributed by atoms with Crippen LogP contribution in [0.5, 0.6) is 5.75 Å². The fraction of sp³-hybridized carbons (Fsp3) is 0.120. The van der Waals surface area contributed by atoms with Crippen molar-refractivity contribution in [1.82, 2.24) is 0 Å². The molecule has 0 atom stereocenters. The van der Waals surface area contributed by atoms with Gasteiger partial charge in [-0.3, -0.25) is 4.39 Å². The van der Waals surface area contributed by atoms with Gasteiger partial charge < -0.3 is 20.9 Å². The minimum Gasteiger partial charge on any atom is -0.458 e. The summed E-state index contributed by atoms with van der Waals surface area (Å²) in [5.74, 6) is -0.510. The van der Waals surface area contributed by atoms with Gasteiger partial charge in [0.1, 0.15) is 12.4 Å². The molecule has 0 bridgehead atoms. The Hall–Kier alpha value is -4.13. The Morgan fingerprint density at radius 1 is 0.938 bits per heavy atom. The summed E-state index contributed by atoms with van der Waals surface area (Å²) in [5, 5.41) is 0. The van der Waals surface area contributed by atoms with E-state index >= 15 is 0 Å². The van der Waals surface area contributed by atoms with E-state index in [1.807, 2.05) is 19.1 Å². The van der Waals surface area contributed by atoms with Crippen LogP contribution in [0.3, 0.4) is 0 Å². The summed E-state index contributed by atoms with van der Waals surface area (Å²) in [6.45, 7) is 2.01. The molecule has 3 aromatic carbocycles. The van der Waals surface area contributed by atoms with Gasteiger partial charge in [-0.1, -0.05) is 35.9 Å². The summed E-state index contributed by atoms with van der Waals surface area (Å²) in [6.07, 6.45) is 2.93. The van der Waals surface area contributed by atoms with Gasteiger partial charge in [0.05, 0.1) is 12.7 Å². The summed E-state index contributed by atoms with van der Waals surface area (Å²) < 4.78 is 20.0. The number of hydrogen-bond acceptors (Lipinski definition) is 6. The predicted molar refractivity (Wildman–Crippen MR) is 124 cm³/mol. The van der Waals surface area contributed by atoms with Gasteiger partial charge >= 0.3 is 11.9 Å². The van der Waals surface area contributed by atoms with Gasteiger partial charge in [0, 0.05) is 23.0 Å². The highest BCUT2D eigenvalue weighted by atomic mass is 19.1. The summed E-state index contributed by atoms with van der Waals surface area (Å²) in [4.78, 5) is 24.1. The molecule has 0 unspecified atom stereocenters. The van der Waals surface area contributed by atoms with Crippen LogP contribution < -0.4 is 16.2 Å². The maximum atomic E-state index is 12.1. The number of esters is 2. The van der Waals surface area contributed by atoms with Crippen molar-refractivity contribution >= 4 is 29.4 Å². The zero-order valence-electron chi connectivity index (χ0n) is 17.9. The summed E-state index contributed by atoms with van der Waals surface area (Å²) >= 11 is 0. The predicted octanol–water partition coefficient (Wildman–Crippen LogP) is 4.72. The Balaban J connectivity index is 0.00000176. The number of halogens is 1. The molecule has 4 N–H and O–H groups in total. The van der Waals surface area contributed by atoms with Gasteiger partial charge in [0.25, 0.3) is 0 Å². The Kier molecular flexibility index (Phi) is 8.98. The van der Waals surface area contributed by atoms with Gasteiger partial charge in [-0.2, -0.15) is 0 Å². The Morgan fingerprint density at radius 2 is 1.59 bits per heavy atom. The molecular formula is C25H25FN2O4. The van der Waals surface area contributed by atoms with Crippen LogP contribution in [0.15, 0.2) is 72.8 Å². The lowest BCUT2D eigenvalue weighted by Crippen LogP contribution is -2.08. The number of hydrogen-bond donors (Lipinski definition) is 2. The molecule has 6 nitrogen and oxygen atoms in total.